The summed E-state index contributed by atoms with van der Waals surface area (Å²) in [6.07, 6.45) is 1.42. The first kappa shape index (κ1) is 18.6. The summed E-state index contributed by atoms with van der Waals surface area (Å²) in [5, 5.41) is 3.31. The highest BCUT2D eigenvalue weighted by atomic mass is 16.5. The quantitative estimate of drug-likeness (QED) is 0.776. The number of hydrogen-bond acceptors (Lipinski definition) is 4. The van der Waals surface area contributed by atoms with Gasteiger partial charge in [0.15, 0.2) is 5.78 Å². The SMILES string of the molecule is CCC(Cc1ccccc1)(NC)C(=O)c1ccc(N2CCOCC2)cc1. The largest absolute Gasteiger partial charge is 0.378 e. The molecule has 26 heavy (non-hydrogen) atoms. The molecular formula is C22H28N2O2. The number of morpholine rings is 1. The molecule has 0 saturated carbocycles. The van der Waals surface area contributed by atoms with Gasteiger partial charge in [0, 0.05) is 24.3 Å². The van der Waals surface area contributed by atoms with Gasteiger partial charge in [-0.2, -0.15) is 0 Å². The third-order valence-corrected chi connectivity index (χ3v) is 5.37. The van der Waals surface area contributed by atoms with Crippen molar-refractivity contribution in [2.75, 3.05) is 38.3 Å². The highest BCUT2D eigenvalue weighted by Crippen LogP contribution is 2.24. The lowest BCUT2D eigenvalue weighted by Crippen LogP contribution is -2.51. The van der Waals surface area contributed by atoms with Crippen molar-refractivity contribution in [2.45, 2.75) is 25.3 Å². The van der Waals surface area contributed by atoms with Gasteiger partial charge in [0.05, 0.1) is 18.8 Å². The Morgan fingerprint density at radius 1 is 1.08 bits per heavy atom. The predicted octanol–water partition coefficient (Wildman–Crippen LogP) is 3.32. The van der Waals surface area contributed by atoms with Crippen LogP contribution in [0.25, 0.3) is 0 Å². The van der Waals surface area contributed by atoms with E-state index in [0.29, 0.717) is 6.42 Å². The van der Waals surface area contributed by atoms with Gasteiger partial charge >= 0.3 is 0 Å². The molecule has 1 atom stereocenters. The molecule has 138 valence electrons. The van der Waals surface area contributed by atoms with Crippen LogP contribution >= 0.6 is 0 Å². The Morgan fingerprint density at radius 2 is 1.73 bits per heavy atom. The molecular weight excluding hydrogens is 324 g/mol. The van der Waals surface area contributed by atoms with Crippen LogP contribution in [-0.2, 0) is 11.2 Å². The predicted molar refractivity (Wildman–Crippen MR) is 106 cm³/mol. The topological polar surface area (TPSA) is 41.6 Å². The minimum Gasteiger partial charge on any atom is -0.378 e. The molecule has 4 heteroatoms. The van der Waals surface area contributed by atoms with Crippen LogP contribution in [0.1, 0.15) is 29.3 Å². The van der Waals surface area contributed by atoms with E-state index in [4.69, 9.17) is 4.74 Å². The fraction of sp³-hybridized carbons (Fsp3) is 0.409. The number of hydrogen-bond donors (Lipinski definition) is 1. The molecule has 4 nitrogen and oxygen atoms in total. The van der Waals surface area contributed by atoms with Crippen LogP contribution in [0.3, 0.4) is 0 Å². The summed E-state index contributed by atoms with van der Waals surface area (Å²) < 4.78 is 5.41. The number of rotatable bonds is 7. The number of anilines is 1. The molecule has 1 unspecified atom stereocenters. The molecule has 3 rings (SSSR count). The second-order valence-electron chi connectivity index (χ2n) is 6.82. The van der Waals surface area contributed by atoms with Crippen LogP contribution < -0.4 is 10.2 Å². The highest BCUT2D eigenvalue weighted by molar-refractivity contribution is 6.03. The monoisotopic (exact) mass is 352 g/mol. The zero-order valence-electron chi connectivity index (χ0n) is 15.7. The molecule has 0 bridgehead atoms. The van der Waals surface area contributed by atoms with Crippen molar-refractivity contribution in [2.24, 2.45) is 0 Å². The summed E-state index contributed by atoms with van der Waals surface area (Å²) in [5.74, 6) is 0.153. The number of ketones is 1. The first-order valence-corrected chi connectivity index (χ1v) is 9.39. The number of ether oxygens (including phenoxy) is 1. The molecule has 2 aromatic carbocycles. The summed E-state index contributed by atoms with van der Waals surface area (Å²) in [4.78, 5) is 15.6. The van der Waals surface area contributed by atoms with Gasteiger partial charge in [0.2, 0.25) is 0 Å². The first-order chi connectivity index (χ1) is 12.7. The zero-order valence-corrected chi connectivity index (χ0v) is 15.7. The van der Waals surface area contributed by atoms with E-state index in [9.17, 15) is 4.79 Å². The maximum atomic E-state index is 13.3. The third-order valence-electron chi connectivity index (χ3n) is 5.37. The van der Waals surface area contributed by atoms with Crippen molar-refractivity contribution >= 4 is 11.5 Å². The number of carbonyl (C=O) groups excluding carboxylic acids is 1. The fourth-order valence-electron chi connectivity index (χ4n) is 3.61. The molecule has 0 spiro atoms. The van der Waals surface area contributed by atoms with E-state index in [1.54, 1.807) is 0 Å². The lowest BCUT2D eigenvalue weighted by Gasteiger charge is -2.32. The first-order valence-electron chi connectivity index (χ1n) is 9.39. The third kappa shape index (κ3) is 3.97. The maximum Gasteiger partial charge on any atom is 0.183 e. The molecule has 1 aliphatic heterocycles. The minimum atomic E-state index is -0.582. The molecule has 1 heterocycles. The molecule has 1 aliphatic rings. The van der Waals surface area contributed by atoms with Crippen molar-refractivity contribution in [1.29, 1.82) is 0 Å². The van der Waals surface area contributed by atoms with Gasteiger partial charge in [-0.05, 0) is 49.7 Å². The van der Waals surface area contributed by atoms with Crippen LogP contribution in [-0.4, -0.2) is 44.7 Å². The van der Waals surface area contributed by atoms with Gasteiger partial charge in [-0.15, -0.1) is 0 Å². The van der Waals surface area contributed by atoms with Gasteiger partial charge in [0.1, 0.15) is 0 Å². The normalized spacial score (nSPS) is 16.9. The maximum absolute atomic E-state index is 13.3. The van der Waals surface area contributed by atoms with E-state index < -0.39 is 5.54 Å². The van der Waals surface area contributed by atoms with Gasteiger partial charge in [-0.25, -0.2) is 0 Å². The molecule has 1 saturated heterocycles. The Morgan fingerprint density at radius 3 is 2.31 bits per heavy atom. The lowest BCUT2D eigenvalue weighted by atomic mass is 9.81. The molecule has 0 radical (unpaired) electrons. The molecule has 1 fully saturated rings. The van der Waals surface area contributed by atoms with Crippen molar-refractivity contribution < 1.29 is 9.53 Å². The Hall–Kier alpha value is -2.17. The van der Waals surface area contributed by atoms with E-state index in [2.05, 4.69) is 41.4 Å². The van der Waals surface area contributed by atoms with E-state index in [1.807, 2.05) is 37.4 Å². The highest BCUT2D eigenvalue weighted by Gasteiger charge is 2.35. The summed E-state index contributed by atoms with van der Waals surface area (Å²) >= 11 is 0. The standard InChI is InChI=1S/C22H28N2O2/c1-3-22(23-2,17-18-7-5-4-6-8-18)21(25)19-9-11-20(12-10-19)24-13-15-26-16-14-24/h4-12,23H,3,13-17H2,1-2H3. The van der Waals surface area contributed by atoms with Gasteiger partial charge in [-0.3, -0.25) is 4.79 Å². The van der Waals surface area contributed by atoms with E-state index >= 15 is 0 Å². The lowest BCUT2D eigenvalue weighted by molar-refractivity contribution is 0.0851. The Labute approximate surface area is 156 Å². The second kappa shape index (κ2) is 8.47. The average molecular weight is 352 g/mol. The van der Waals surface area contributed by atoms with E-state index in [-0.39, 0.29) is 5.78 Å². The fourth-order valence-corrected chi connectivity index (χ4v) is 3.61. The summed E-state index contributed by atoms with van der Waals surface area (Å²) in [6, 6.07) is 18.2. The molecule has 0 aliphatic carbocycles. The van der Waals surface area contributed by atoms with Gasteiger partial charge in [-0.1, -0.05) is 37.3 Å². The Kier molecular flexibility index (Phi) is 6.07. The number of nitrogens with zero attached hydrogens (tertiary/aromatic N) is 1. The van der Waals surface area contributed by atoms with Crippen molar-refractivity contribution in [1.82, 2.24) is 5.32 Å². The number of likely N-dealkylation sites (N-methyl/N-ethyl adjacent to an activating group) is 1. The summed E-state index contributed by atoms with van der Waals surface area (Å²) in [5.41, 5.74) is 2.50. The van der Waals surface area contributed by atoms with Gasteiger partial charge < -0.3 is 15.0 Å². The van der Waals surface area contributed by atoms with Crippen LogP contribution in [0.5, 0.6) is 0 Å². The summed E-state index contributed by atoms with van der Waals surface area (Å²) in [6.45, 7) is 5.39. The molecule has 0 amide bonds. The number of Topliss-reactive ketones (excluding diaryl/α,β-unsaturated/α-hetero) is 1. The Bertz CT molecular complexity index is 703. The van der Waals surface area contributed by atoms with E-state index in [1.165, 1.54) is 5.56 Å². The average Bonchev–Trinajstić information content (AvgIpc) is 2.73. The van der Waals surface area contributed by atoms with Crippen molar-refractivity contribution in [3.63, 3.8) is 0 Å². The zero-order chi connectivity index (χ0) is 18.4. The number of carbonyl (C=O) groups is 1. The molecule has 2 aromatic rings. The van der Waals surface area contributed by atoms with Crippen LogP contribution in [0.15, 0.2) is 54.6 Å². The molecule has 0 aromatic heterocycles. The minimum absolute atomic E-state index is 0.153. The van der Waals surface area contributed by atoms with Crippen LogP contribution in [0.2, 0.25) is 0 Å². The van der Waals surface area contributed by atoms with E-state index in [0.717, 1.165) is 44.0 Å². The van der Waals surface area contributed by atoms with Crippen LogP contribution in [0.4, 0.5) is 5.69 Å². The second-order valence-corrected chi connectivity index (χ2v) is 6.82. The van der Waals surface area contributed by atoms with Gasteiger partial charge in [0.25, 0.3) is 0 Å². The van der Waals surface area contributed by atoms with Crippen molar-refractivity contribution in [3.05, 3.63) is 65.7 Å². The number of benzene rings is 2. The Balaban J connectivity index is 1.80. The van der Waals surface area contributed by atoms with Crippen molar-refractivity contribution in [3.8, 4) is 0 Å². The summed E-state index contributed by atoms with van der Waals surface area (Å²) in [7, 11) is 1.88. The smallest absolute Gasteiger partial charge is 0.183 e. The number of nitrogens with one attached hydrogen (secondary N) is 1. The van der Waals surface area contributed by atoms with Crippen LogP contribution in [0, 0.1) is 0 Å². The molecule has 1 N–H and O–H groups in total.